The molecule has 2 nitrogen and oxygen atoms in total. The monoisotopic (exact) mass is 169 g/mol. The summed E-state index contributed by atoms with van der Waals surface area (Å²) in [6, 6.07) is 4.02. The van der Waals surface area contributed by atoms with Crippen molar-refractivity contribution >= 4 is 17.6 Å². The quantitative estimate of drug-likeness (QED) is 0.538. The van der Waals surface area contributed by atoms with E-state index in [1.807, 2.05) is 23.7 Å². The Hall–Kier alpha value is -0.670. The third-order valence-corrected chi connectivity index (χ3v) is 2.01. The summed E-state index contributed by atoms with van der Waals surface area (Å²) in [5.41, 5.74) is 0. The first-order chi connectivity index (χ1) is 5.43. The van der Waals surface area contributed by atoms with Gasteiger partial charge in [0, 0.05) is 24.2 Å². The maximum absolute atomic E-state index is 8.45. The Morgan fingerprint density at radius 3 is 3.18 bits per heavy atom. The summed E-state index contributed by atoms with van der Waals surface area (Å²) in [5.74, 6) is 0. The predicted molar refractivity (Wildman–Crippen MR) is 48.5 cm³/mol. The number of aliphatic imine (C=N–C) groups is 1. The molecule has 0 amide bonds. The molecule has 0 saturated carbocycles. The molecule has 0 aliphatic rings. The number of thiophene rings is 1. The van der Waals surface area contributed by atoms with Crippen molar-refractivity contribution in [2.75, 3.05) is 13.2 Å². The standard InChI is InChI=1S/C8H11NOS/c10-5-2-4-9-7-8-3-1-6-11-8/h1,3,6-7,10H,2,4-5H2. The van der Waals surface area contributed by atoms with Gasteiger partial charge in [-0.15, -0.1) is 11.3 Å². The van der Waals surface area contributed by atoms with Crippen molar-refractivity contribution in [2.45, 2.75) is 6.42 Å². The van der Waals surface area contributed by atoms with E-state index in [4.69, 9.17) is 5.11 Å². The van der Waals surface area contributed by atoms with Crippen LogP contribution in [0.2, 0.25) is 0 Å². The fraction of sp³-hybridized carbons (Fsp3) is 0.375. The summed E-state index contributed by atoms with van der Waals surface area (Å²) >= 11 is 1.67. The molecule has 1 heterocycles. The van der Waals surface area contributed by atoms with Gasteiger partial charge in [-0.2, -0.15) is 0 Å². The minimum Gasteiger partial charge on any atom is -0.396 e. The number of hydrogen-bond donors (Lipinski definition) is 1. The highest BCUT2D eigenvalue weighted by Gasteiger charge is 1.85. The van der Waals surface area contributed by atoms with E-state index in [0.29, 0.717) is 6.54 Å². The van der Waals surface area contributed by atoms with Gasteiger partial charge in [-0.25, -0.2) is 0 Å². The van der Waals surface area contributed by atoms with E-state index in [1.165, 1.54) is 4.88 Å². The molecule has 1 aromatic heterocycles. The number of rotatable bonds is 4. The molecule has 0 fully saturated rings. The number of aliphatic hydroxyl groups is 1. The number of hydrogen-bond acceptors (Lipinski definition) is 3. The van der Waals surface area contributed by atoms with Crippen LogP contribution in [0.1, 0.15) is 11.3 Å². The molecule has 0 unspecified atom stereocenters. The maximum Gasteiger partial charge on any atom is 0.0448 e. The van der Waals surface area contributed by atoms with Crippen molar-refractivity contribution in [3.63, 3.8) is 0 Å². The van der Waals surface area contributed by atoms with Crippen LogP contribution in [-0.4, -0.2) is 24.5 Å². The highest BCUT2D eigenvalue weighted by atomic mass is 32.1. The van der Waals surface area contributed by atoms with Crippen LogP contribution in [0.4, 0.5) is 0 Å². The van der Waals surface area contributed by atoms with Gasteiger partial charge in [-0.05, 0) is 17.9 Å². The highest BCUT2D eigenvalue weighted by Crippen LogP contribution is 2.04. The molecule has 0 radical (unpaired) electrons. The van der Waals surface area contributed by atoms with E-state index < -0.39 is 0 Å². The Labute approximate surface area is 70.2 Å². The molecular formula is C8H11NOS. The lowest BCUT2D eigenvalue weighted by Crippen LogP contribution is -1.86. The largest absolute Gasteiger partial charge is 0.396 e. The zero-order chi connectivity index (χ0) is 7.94. The van der Waals surface area contributed by atoms with Gasteiger partial charge in [-0.1, -0.05) is 6.07 Å². The van der Waals surface area contributed by atoms with Crippen molar-refractivity contribution in [2.24, 2.45) is 4.99 Å². The molecule has 0 saturated heterocycles. The van der Waals surface area contributed by atoms with Crippen molar-refractivity contribution in [1.82, 2.24) is 0 Å². The first kappa shape index (κ1) is 8.43. The van der Waals surface area contributed by atoms with Crippen LogP contribution in [0.5, 0.6) is 0 Å². The molecule has 60 valence electrons. The van der Waals surface area contributed by atoms with Gasteiger partial charge in [0.15, 0.2) is 0 Å². The Kier molecular flexibility index (Phi) is 3.86. The van der Waals surface area contributed by atoms with E-state index in [1.54, 1.807) is 11.3 Å². The molecule has 0 atom stereocenters. The third kappa shape index (κ3) is 3.30. The zero-order valence-corrected chi connectivity index (χ0v) is 7.05. The molecule has 1 N–H and O–H groups in total. The van der Waals surface area contributed by atoms with Crippen molar-refractivity contribution < 1.29 is 5.11 Å². The molecule has 0 aliphatic carbocycles. The van der Waals surface area contributed by atoms with E-state index in [9.17, 15) is 0 Å². The van der Waals surface area contributed by atoms with E-state index in [2.05, 4.69) is 4.99 Å². The van der Waals surface area contributed by atoms with Crippen molar-refractivity contribution in [3.05, 3.63) is 22.4 Å². The van der Waals surface area contributed by atoms with Gasteiger partial charge in [-0.3, -0.25) is 4.99 Å². The molecule has 0 aromatic carbocycles. The molecule has 1 aromatic rings. The second-order valence-corrected chi connectivity index (χ2v) is 3.11. The van der Waals surface area contributed by atoms with Crippen LogP contribution in [0.25, 0.3) is 0 Å². The van der Waals surface area contributed by atoms with E-state index in [0.717, 1.165) is 6.42 Å². The second kappa shape index (κ2) is 5.04. The molecule has 11 heavy (non-hydrogen) atoms. The normalized spacial score (nSPS) is 11.0. The molecular weight excluding hydrogens is 158 g/mol. The summed E-state index contributed by atoms with van der Waals surface area (Å²) in [5, 5.41) is 10.5. The van der Waals surface area contributed by atoms with Crippen LogP contribution in [0, 0.1) is 0 Å². The second-order valence-electron chi connectivity index (χ2n) is 2.13. The van der Waals surface area contributed by atoms with Crippen LogP contribution < -0.4 is 0 Å². The Balaban J connectivity index is 2.25. The number of aliphatic hydroxyl groups excluding tert-OH is 1. The summed E-state index contributed by atoms with van der Waals surface area (Å²) in [6.45, 7) is 0.941. The Bertz CT molecular complexity index is 206. The van der Waals surface area contributed by atoms with Gasteiger partial charge < -0.3 is 5.11 Å². The first-order valence-corrected chi connectivity index (χ1v) is 4.45. The van der Waals surface area contributed by atoms with Crippen LogP contribution in [0.3, 0.4) is 0 Å². The van der Waals surface area contributed by atoms with Gasteiger partial charge >= 0.3 is 0 Å². The Morgan fingerprint density at radius 2 is 2.55 bits per heavy atom. The van der Waals surface area contributed by atoms with Crippen molar-refractivity contribution in [3.8, 4) is 0 Å². The molecule has 0 aliphatic heterocycles. The van der Waals surface area contributed by atoms with Gasteiger partial charge in [0.05, 0.1) is 0 Å². The highest BCUT2D eigenvalue weighted by molar-refractivity contribution is 7.11. The van der Waals surface area contributed by atoms with Gasteiger partial charge in [0.2, 0.25) is 0 Å². The lowest BCUT2D eigenvalue weighted by Gasteiger charge is -1.87. The zero-order valence-electron chi connectivity index (χ0n) is 6.23. The average molecular weight is 169 g/mol. The minimum atomic E-state index is 0.224. The van der Waals surface area contributed by atoms with Crippen LogP contribution in [-0.2, 0) is 0 Å². The lowest BCUT2D eigenvalue weighted by atomic mass is 10.4. The van der Waals surface area contributed by atoms with Crippen LogP contribution >= 0.6 is 11.3 Å². The maximum atomic E-state index is 8.45. The summed E-state index contributed by atoms with van der Waals surface area (Å²) in [7, 11) is 0. The minimum absolute atomic E-state index is 0.224. The van der Waals surface area contributed by atoms with E-state index in [-0.39, 0.29) is 6.61 Å². The Morgan fingerprint density at radius 1 is 1.64 bits per heavy atom. The van der Waals surface area contributed by atoms with Crippen molar-refractivity contribution in [1.29, 1.82) is 0 Å². The van der Waals surface area contributed by atoms with Gasteiger partial charge in [0.25, 0.3) is 0 Å². The fourth-order valence-electron chi connectivity index (χ4n) is 0.681. The summed E-state index contributed by atoms with van der Waals surface area (Å²) in [6.07, 6.45) is 2.60. The summed E-state index contributed by atoms with van der Waals surface area (Å²) < 4.78 is 0. The summed E-state index contributed by atoms with van der Waals surface area (Å²) in [4.78, 5) is 5.30. The van der Waals surface area contributed by atoms with Gasteiger partial charge in [0.1, 0.15) is 0 Å². The number of nitrogens with zero attached hydrogens (tertiary/aromatic N) is 1. The first-order valence-electron chi connectivity index (χ1n) is 3.57. The molecule has 1 rings (SSSR count). The fourth-order valence-corrected chi connectivity index (χ4v) is 1.29. The molecule has 0 bridgehead atoms. The lowest BCUT2D eigenvalue weighted by molar-refractivity contribution is 0.291. The smallest absolute Gasteiger partial charge is 0.0448 e. The molecule has 0 spiro atoms. The van der Waals surface area contributed by atoms with Crippen LogP contribution in [0.15, 0.2) is 22.5 Å². The topological polar surface area (TPSA) is 32.6 Å². The predicted octanol–water partition coefficient (Wildman–Crippen LogP) is 1.55. The third-order valence-electron chi connectivity index (χ3n) is 1.21. The SMILES string of the molecule is OCCCN=Cc1cccs1. The van der Waals surface area contributed by atoms with E-state index >= 15 is 0 Å². The average Bonchev–Trinajstić information content (AvgIpc) is 2.50. The molecule has 3 heteroatoms.